The largest absolute Gasteiger partial charge is 0.384 e. The van der Waals surface area contributed by atoms with E-state index in [1.165, 1.54) is 18.3 Å². The number of halogens is 1. The number of pyridine rings is 1. The predicted octanol–water partition coefficient (Wildman–Crippen LogP) is 3.72. The average molecular weight is 468 g/mol. The molecule has 4 aromatic rings. The minimum Gasteiger partial charge on any atom is -0.384 e. The lowest BCUT2D eigenvalue weighted by molar-refractivity contribution is 0.0747. The van der Waals surface area contributed by atoms with E-state index in [-0.39, 0.29) is 22.8 Å². The van der Waals surface area contributed by atoms with Gasteiger partial charge in [-0.1, -0.05) is 55.2 Å². The van der Waals surface area contributed by atoms with E-state index in [1.54, 1.807) is 42.5 Å². The number of aliphatic hydroxyl groups is 1. The van der Waals surface area contributed by atoms with Gasteiger partial charge in [-0.25, -0.2) is 19.3 Å². The lowest BCUT2D eigenvalue weighted by Crippen LogP contribution is -2.13. The van der Waals surface area contributed by atoms with Crippen LogP contribution in [0.25, 0.3) is 11.3 Å². The first-order valence-corrected chi connectivity index (χ1v) is 10.8. The molecule has 0 aliphatic rings. The molecule has 0 saturated heterocycles. The first kappa shape index (κ1) is 23.5. The molecule has 0 spiro atoms. The quantitative estimate of drug-likeness (QED) is 0.301. The van der Waals surface area contributed by atoms with Crippen molar-refractivity contribution in [3.63, 3.8) is 0 Å². The molecule has 174 valence electrons. The van der Waals surface area contributed by atoms with Crippen molar-refractivity contribution >= 4 is 17.5 Å². The number of carbonyl (C=O) groups is 1. The van der Waals surface area contributed by atoms with E-state index in [1.807, 2.05) is 6.92 Å². The fraction of sp³-hybridized carbons (Fsp3) is 0.111. The number of anilines is 2. The summed E-state index contributed by atoms with van der Waals surface area (Å²) in [6.07, 6.45) is 0.514. The number of nitrogen functional groups attached to an aromatic ring is 2. The molecule has 0 amide bonds. The Bertz CT molecular complexity index is 1440. The zero-order valence-electron chi connectivity index (χ0n) is 18.9. The maximum atomic E-state index is 15.3. The van der Waals surface area contributed by atoms with Gasteiger partial charge in [0.15, 0.2) is 5.78 Å². The topological polar surface area (TPSA) is 128 Å². The van der Waals surface area contributed by atoms with Gasteiger partial charge in [0.1, 0.15) is 17.7 Å². The van der Waals surface area contributed by atoms with Crippen molar-refractivity contribution in [2.75, 3.05) is 11.5 Å². The fourth-order valence-corrected chi connectivity index (χ4v) is 3.53. The van der Waals surface area contributed by atoms with E-state index in [2.05, 4.69) is 26.8 Å². The third-order valence-electron chi connectivity index (χ3n) is 5.32. The summed E-state index contributed by atoms with van der Waals surface area (Å²) >= 11 is 0. The summed E-state index contributed by atoms with van der Waals surface area (Å²) in [5.41, 5.74) is 13.9. The zero-order valence-corrected chi connectivity index (χ0v) is 18.9. The molecule has 0 aliphatic carbocycles. The SMILES string of the molecule is CCc1nc(N)nc(-c2ccc(C(O)C(=O)c3ccccc3)cc2F)c1C#Cc1ccc(N)nc1. The van der Waals surface area contributed by atoms with Gasteiger partial charge in [-0.3, -0.25) is 4.79 Å². The molecule has 1 atom stereocenters. The number of hydrogen-bond donors (Lipinski definition) is 3. The van der Waals surface area contributed by atoms with Crippen LogP contribution in [0.5, 0.6) is 0 Å². The minimum atomic E-state index is -1.51. The van der Waals surface area contributed by atoms with Crippen LogP contribution in [0.4, 0.5) is 16.2 Å². The number of nitrogens with two attached hydrogens (primary N) is 2. The molecule has 7 nitrogen and oxygen atoms in total. The van der Waals surface area contributed by atoms with Gasteiger partial charge in [0, 0.05) is 22.9 Å². The normalized spacial score (nSPS) is 11.4. The Morgan fingerprint density at radius 3 is 2.49 bits per heavy atom. The standard InChI is InChI=1S/C27H22FN5O2/c1-2-22-20(11-8-16-9-13-23(29)31-15-16)24(33-27(30)32-22)19-12-10-18(14-21(19)28)26(35)25(34)17-6-4-3-5-7-17/h3-7,9-10,12-15,26,35H,2H2,1H3,(H2,29,31)(H2,30,32,33). The van der Waals surface area contributed by atoms with Crippen LogP contribution in [0.15, 0.2) is 66.9 Å². The van der Waals surface area contributed by atoms with Gasteiger partial charge >= 0.3 is 0 Å². The van der Waals surface area contributed by atoms with E-state index < -0.39 is 17.7 Å². The van der Waals surface area contributed by atoms with Crippen molar-refractivity contribution in [2.24, 2.45) is 0 Å². The van der Waals surface area contributed by atoms with Gasteiger partial charge < -0.3 is 16.6 Å². The molecular formula is C27H22FN5O2. The minimum absolute atomic E-state index is 0.0145. The molecule has 0 radical (unpaired) electrons. The number of aryl methyl sites for hydroxylation is 1. The van der Waals surface area contributed by atoms with E-state index in [0.29, 0.717) is 34.6 Å². The molecule has 4 rings (SSSR count). The van der Waals surface area contributed by atoms with Gasteiger partial charge in [0.25, 0.3) is 0 Å². The Morgan fingerprint density at radius 1 is 1.06 bits per heavy atom. The molecule has 0 aliphatic heterocycles. The Kier molecular flexibility index (Phi) is 6.81. The Balaban J connectivity index is 1.75. The first-order chi connectivity index (χ1) is 16.9. The molecule has 35 heavy (non-hydrogen) atoms. The highest BCUT2D eigenvalue weighted by Gasteiger charge is 2.22. The summed E-state index contributed by atoms with van der Waals surface area (Å²) in [6, 6.07) is 15.7. The molecule has 2 aromatic heterocycles. The number of hydrogen-bond acceptors (Lipinski definition) is 7. The van der Waals surface area contributed by atoms with E-state index in [0.717, 1.165) is 6.07 Å². The highest BCUT2D eigenvalue weighted by molar-refractivity contribution is 5.99. The van der Waals surface area contributed by atoms with Crippen molar-refractivity contribution in [1.29, 1.82) is 0 Å². The number of carbonyl (C=O) groups excluding carboxylic acids is 1. The number of Topliss-reactive ketones (excluding diaryl/α,β-unsaturated/α-hetero) is 1. The highest BCUT2D eigenvalue weighted by Crippen LogP contribution is 2.30. The molecule has 1 unspecified atom stereocenters. The Morgan fingerprint density at radius 2 is 1.83 bits per heavy atom. The molecule has 0 bridgehead atoms. The van der Waals surface area contributed by atoms with Gasteiger partial charge in [-0.05, 0) is 36.2 Å². The van der Waals surface area contributed by atoms with Crippen LogP contribution < -0.4 is 11.5 Å². The maximum Gasteiger partial charge on any atom is 0.220 e. The molecule has 2 aromatic carbocycles. The second kappa shape index (κ2) is 10.1. The summed E-state index contributed by atoms with van der Waals surface area (Å²) in [6.45, 7) is 1.88. The zero-order chi connectivity index (χ0) is 24.9. The van der Waals surface area contributed by atoms with Crippen LogP contribution in [-0.2, 0) is 6.42 Å². The van der Waals surface area contributed by atoms with Crippen LogP contribution in [0.1, 0.15) is 45.8 Å². The first-order valence-electron chi connectivity index (χ1n) is 10.8. The Labute approximate surface area is 201 Å². The van der Waals surface area contributed by atoms with Crippen LogP contribution in [0.2, 0.25) is 0 Å². The molecule has 0 fully saturated rings. The third kappa shape index (κ3) is 5.16. The second-order valence-electron chi connectivity index (χ2n) is 7.70. The average Bonchev–Trinajstić information content (AvgIpc) is 2.88. The number of ketones is 1. The summed E-state index contributed by atoms with van der Waals surface area (Å²) in [4.78, 5) is 25.1. The van der Waals surface area contributed by atoms with Crippen molar-refractivity contribution < 1.29 is 14.3 Å². The van der Waals surface area contributed by atoms with Crippen molar-refractivity contribution in [1.82, 2.24) is 15.0 Å². The van der Waals surface area contributed by atoms with Crippen LogP contribution in [0, 0.1) is 17.7 Å². The summed E-state index contributed by atoms with van der Waals surface area (Å²) in [5, 5.41) is 10.5. The van der Waals surface area contributed by atoms with Gasteiger partial charge in [-0.2, -0.15) is 0 Å². The van der Waals surface area contributed by atoms with Gasteiger partial charge in [0.05, 0.1) is 17.0 Å². The smallest absolute Gasteiger partial charge is 0.220 e. The van der Waals surface area contributed by atoms with Crippen LogP contribution >= 0.6 is 0 Å². The molecular weight excluding hydrogens is 445 g/mol. The van der Waals surface area contributed by atoms with Gasteiger partial charge in [0.2, 0.25) is 5.95 Å². The molecule has 2 heterocycles. The lowest BCUT2D eigenvalue weighted by atomic mass is 9.96. The van der Waals surface area contributed by atoms with Crippen LogP contribution in [0.3, 0.4) is 0 Å². The monoisotopic (exact) mass is 467 g/mol. The lowest BCUT2D eigenvalue weighted by Gasteiger charge is -2.13. The van der Waals surface area contributed by atoms with E-state index in [4.69, 9.17) is 11.5 Å². The van der Waals surface area contributed by atoms with E-state index in [9.17, 15) is 9.90 Å². The van der Waals surface area contributed by atoms with E-state index >= 15 is 4.39 Å². The molecule has 0 saturated carbocycles. The fourth-order valence-electron chi connectivity index (χ4n) is 3.53. The number of rotatable bonds is 5. The number of nitrogens with zero attached hydrogens (tertiary/aromatic N) is 3. The maximum absolute atomic E-state index is 15.3. The molecule has 5 N–H and O–H groups in total. The Hall–Kier alpha value is -4.61. The second-order valence-corrected chi connectivity index (χ2v) is 7.70. The predicted molar refractivity (Wildman–Crippen MR) is 132 cm³/mol. The summed E-state index contributed by atoms with van der Waals surface area (Å²) in [7, 11) is 0. The summed E-state index contributed by atoms with van der Waals surface area (Å²) < 4.78 is 15.3. The van der Waals surface area contributed by atoms with Crippen molar-refractivity contribution in [3.8, 4) is 23.1 Å². The number of aliphatic hydroxyl groups excluding tert-OH is 1. The summed E-state index contributed by atoms with van der Waals surface area (Å²) in [5.74, 6) is 5.15. The third-order valence-corrected chi connectivity index (χ3v) is 5.32. The van der Waals surface area contributed by atoms with Crippen LogP contribution in [-0.4, -0.2) is 25.8 Å². The highest BCUT2D eigenvalue weighted by atomic mass is 19.1. The van der Waals surface area contributed by atoms with Gasteiger partial charge in [-0.15, -0.1) is 0 Å². The number of aromatic nitrogens is 3. The van der Waals surface area contributed by atoms with Crippen molar-refractivity contribution in [2.45, 2.75) is 19.4 Å². The molecule has 8 heteroatoms. The van der Waals surface area contributed by atoms with Crippen molar-refractivity contribution in [3.05, 3.63) is 101 Å². The number of benzene rings is 2.